The number of carboxylic acids is 1. The van der Waals surface area contributed by atoms with E-state index in [4.69, 9.17) is 15.2 Å². The number of nitrogens with one attached hydrogen (secondary N) is 1. The van der Waals surface area contributed by atoms with Gasteiger partial charge >= 0.3 is 17.2 Å². The van der Waals surface area contributed by atoms with E-state index in [0.29, 0.717) is 16.9 Å². The van der Waals surface area contributed by atoms with Crippen LogP contribution in [0.15, 0.2) is 53.7 Å². The van der Waals surface area contributed by atoms with Crippen LogP contribution in [0, 0.1) is 0 Å². The van der Waals surface area contributed by atoms with Gasteiger partial charge in [-0.15, -0.1) is 0 Å². The largest absolute Gasteiger partial charge is 0.497 e. The maximum atomic E-state index is 14.0. The van der Waals surface area contributed by atoms with Gasteiger partial charge in [0.1, 0.15) is 24.4 Å². The Hall–Kier alpha value is -5.12. The molecule has 3 rings (SSSR count). The zero-order chi connectivity index (χ0) is 33.1. The standard InChI is InChI=1S/C29H33N5O10S/c1-42-20-10-4-17(5-11-20)14-21(31-26(38)19-8-6-18(7-9-19)25(30)32-44-29(41)45-3)27(39)34-13-12-33(16-23(35)36)28(40)22(34)15-24(37)43-2/h4-11,21-22H,12-16H2,1-3H3,(H2,30,32)(H,31,38)(H,35,36)/t21-,22-/m0/s1. The Balaban J connectivity index is 1.89. The van der Waals surface area contributed by atoms with Gasteiger partial charge in [-0.3, -0.25) is 24.0 Å². The maximum Gasteiger partial charge on any atom is 0.393 e. The van der Waals surface area contributed by atoms with Gasteiger partial charge in [-0.25, -0.2) is 4.79 Å². The highest BCUT2D eigenvalue weighted by Gasteiger charge is 2.42. The molecule has 240 valence electrons. The molecule has 0 spiro atoms. The van der Waals surface area contributed by atoms with Crippen molar-refractivity contribution >= 4 is 52.6 Å². The number of rotatable bonds is 12. The number of amides is 3. The minimum Gasteiger partial charge on any atom is -0.497 e. The number of esters is 1. The number of nitrogens with zero attached hydrogens (tertiary/aromatic N) is 3. The van der Waals surface area contributed by atoms with Crippen molar-refractivity contribution < 1.29 is 48.2 Å². The topological polar surface area (TPSA) is 207 Å². The number of ether oxygens (including phenoxy) is 2. The highest BCUT2D eigenvalue weighted by Crippen LogP contribution is 2.20. The minimum absolute atomic E-state index is 0.0154. The third kappa shape index (κ3) is 9.43. The lowest BCUT2D eigenvalue weighted by molar-refractivity contribution is -0.159. The molecule has 2 aromatic carbocycles. The summed E-state index contributed by atoms with van der Waals surface area (Å²) in [5, 5.41) is 14.8. The fourth-order valence-corrected chi connectivity index (χ4v) is 4.58. The average Bonchev–Trinajstić information content (AvgIpc) is 3.04. The molecule has 1 aliphatic heterocycles. The predicted molar refractivity (Wildman–Crippen MR) is 161 cm³/mol. The summed E-state index contributed by atoms with van der Waals surface area (Å²) in [4.78, 5) is 82.3. The fourth-order valence-electron chi connectivity index (χ4n) is 4.47. The first-order valence-electron chi connectivity index (χ1n) is 13.5. The van der Waals surface area contributed by atoms with E-state index in [2.05, 4.69) is 15.3 Å². The summed E-state index contributed by atoms with van der Waals surface area (Å²) in [6.07, 6.45) is 1.03. The van der Waals surface area contributed by atoms with Crippen LogP contribution in [0.5, 0.6) is 5.75 Å². The number of carboxylic acid groups (broad SMARTS) is 1. The highest BCUT2D eigenvalue weighted by molar-refractivity contribution is 8.12. The number of nitrogens with two attached hydrogens (primary N) is 1. The molecule has 2 atom stereocenters. The third-order valence-corrected chi connectivity index (χ3v) is 7.22. The van der Waals surface area contributed by atoms with Crippen LogP contribution in [0.25, 0.3) is 0 Å². The smallest absolute Gasteiger partial charge is 0.393 e. The number of methoxy groups -OCH3 is 2. The van der Waals surface area contributed by atoms with Crippen LogP contribution in [0.3, 0.4) is 0 Å². The summed E-state index contributed by atoms with van der Waals surface area (Å²) in [5.41, 5.74) is 7.04. The van der Waals surface area contributed by atoms with Crippen LogP contribution in [0.2, 0.25) is 0 Å². The number of thioether (sulfide) groups is 1. The second kappa shape index (κ2) is 16.1. The van der Waals surface area contributed by atoms with Crippen LogP contribution >= 0.6 is 11.8 Å². The number of carbonyl (C=O) groups excluding carboxylic acids is 5. The lowest BCUT2D eigenvalue weighted by Crippen LogP contribution is -2.63. The Labute approximate surface area is 262 Å². The van der Waals surface area contributed by atoms with Crippen LogP contribution in [0.1, 0.15) is 27.9 Å². The Morgan fingerprint density at radius 2 is 1.69 bits per heavy atom. The van der Waals surface area contributed by atoms with E-state index in [1.807, 2.05) is 0 Å². The second-order valence-corrected chi connectivity index (χ2v) is 10.4. The number of hydrogen-bond donors (Lipinski definition) is 3. The molecule has 0 saturated carbocycles. The molecule has 0 radical (unpaired) electrons. The van der Waals surface area contributed by atoms with Gasteiger partial charge in [0.15, 0.2) is 5.84 Å². The number of oxime groups is 1. The molecule has 0 aromatic heterocycles. The summed E-state index contributed by atoms with van der Waals surface area (Å²) in [7, 11) is 2.64. The summed E-state index contributed by atoms with van der Waals surface area (Å²) >= 11 is 0.814. The molecule has 2 aromatic rings. The molecule has 1 aliphatic rings. The van der Waals surface area contributed by atoms with E-state index < -0.39 is 60.0 Å². The van der Waals surface area contributed by atoms with Crippen molar-refractivity contribution in [2.24, 2.45) is 10.9 Å². The van der Waals surface area contributed by atoms with Gasteiger partial charge in [0.05, 0.1) is 20.6 Å². The fraction of sp³-hybridized carbons (Fsp3) is 0.345. The molecule has 3 amide bonds. The first-order valence-corrected chi connectivity index (χ1v) is 14.7. The molecule has 16 heteroatoms. The molecule has 0 unspecified atom stereocenters. The number of amidine groups is 1. The normalized spacial score (nSPS) is 15.6. The molecule has 1 fully saturated rings. The monoisotopic (exact) mass is 643 g/mol. The lowest BCUT2D eigenvalue weighted by atomic mass is 10.0. The molecular formula is C29H33N5O10S. The lowest BCUT2D eigenvalue weighted by Gasteiger charge is -2.41. The Morgan fingerprint density at radius 1 is 1.04 bits per heavy atom. The Morgan fingerprint density at radius 3 is 2.27 bits per heavy atom. The number of hydrogen-bond acceptors (Lipinski definition) is 11. The van der Waals surface area contributed by atoms with Crippen molar-refractivity contribution in [2.45, 2.75) is 24.9 Å². The second-order valence-electron chi connectivity index (χ2n) is 9.66. The van der Waals surface area contributed by atoms with E-state index in [-0.39, 0.29) is 30.9 Å². The maximum absolute atomic E-state index is 14.0. The molecule has 4 N–H and O–H groups in total. The van der Waals surface area contributed by atoms with Crippen LogP contribution in [0.4, 0.5) is 4.79 Å². The zero-order valence-electron chi connectivity index (χ0n) is 24.8. The molecule has 15 nitrogen and oxygen atoms in total. The van der Waals surface area contributed by atoms with Crippen LogP contribution in [-0.4, -0.2) is 108 Å². The minimum atomic E-state index is -1.34. The molecule has 1 heterocycles. The van der Waals surface area contributed by atoms with Crippen molar-refractivity contribution in [3.63, 3.8) is 0 Å². The van der Waals surface area contributed by atoms with Gasteiger partial charge in [-0.1, -0.05) is 29.4 Å². The van der Waals surface area contributed by atoms with E-state index >= 15 is 0 Å². The van der Waals surface area contributed by atoms with Crippen LogP contribution < -0.4 is 15.8 Å². The van der Waals surface area contributed by atoms with Crippen LogP contribution in [-0.2, 0) is 35.2 Å². The third-order valence-electron chi connectivity index (χ3n) is 6.81. The first-order chi connectivity index (χ1) is 21.5. The predicted octanol–water partition coefficient (Wildman–Crippen LogP) is 0.843. The van der Waals surface area contributed by atoms with Gasteiger partial charge < -0.3 is 40.3 Å². The average molecular weight is 644 g/mol. The van der Waals surface area contributed by atoms with Crippen molar-refractivity contribution in [1.29, 1.82) is 0 Å². The Kier molecular flexibility index (Phi) is 12.3. The van der Waals surface area contributed by atoms with Gasteiger partial charge in [0, 0.05) is 30.6 Å². The summed E-state index contributed by atoms with van der Waals surface area (Å²) in [5.74, 6) is -3.54. The highest BCUT2D eigenvalue weighted by atomic mass is 32.2. The summed E-state index contributed by atoms with van der Waals surface area (Å²) in [6.45, 7) is -0.771. The SMILES string of the molecule is COC(=O)C[C@H]1C(=O)N(CC(=O)O)CCN1C(=O)[C@H](Cc1ccc(OC)cc1)NC(=O)c1ccc(C(N)=NOC(=O)SC)cc1. The van der Waals surface area contributed by atoms with E-state index in [0.717, 1.165) is 23.8 Å². The van der Waals surface area contributed by atoms with Gasteiger partial charge in [-0.05, 0) is 47.8 Å². The van der Waals surface area contributed by atoms with E-state index in [1.165, 1.54) is 42.5 Å². The molecular weight excluding hydrogens is 610 g/mol. The first kappa shape index (κ1) is 34.4. The van der Waals surface area contributed by atoms with Gasteiger partial charge in [0.2, 0.25) is 11.8 Å². The molecule has 1 saturated heterocycles. The zero-order valence-corrected chi connectivity index (χ0v) is 25.6. The van der Waals surface area contributed by atoms with E-state index in [1.54, 1.807) is 24.3 Å². The molecule has 45 heavy (non-hydrogen) atoms. The summed E-state index contributed by atoms with van der Waals surface area (Å²) < 4.78 is 9.91. The number of carbonyl (C=O) groups is 6. The Bertz CT molecular complexity index is 1450. The molecule has 0 aliphatic carbocycles. The van der Waals surface area contributed by atoms with Crippen molar-refractivity contribution in [1.82, 2.24) is 15.1 Å². The quantitative estimate of drug-likeness (QED) is 0.0967. The number of aliphatic carboxylic acids is 1. The molecule has 0 bridgehead atoms. The van der Waals surface area contributed by atoms with Crippen molar-refractivity contribution in [2.75, 3.05) is 40.1 Å². The number of benzene rings is 2. The van der Waals surface area contributed by atoms with E-state index in [9.17, 15) is 33.9 Å². The van der Waals surface area contributed by atoms with Crippen molar-refractivity contribution in [3.05, 3.63) is 65.2 Å². The summed E-state index contributed by atoms with van der Waals surface area (Å²) in [6, 6.07) is 10.1. The van der Waals surface area contributed by atoms with Gasteiger partial charge in [-0.2, -0.15) is 0 Å². The number of piperazine rings is 1. The van der Waals surface area contributed by atoms with Crippen molar-refractivity contribution in [3.8, 4) is 5.75 Å². The van der Waals surface area contributed by atoms with Gasteiger partial charge in [0.25, 0.3) is 5.91 Å².